The molecule has 0 bridgehead atoms. The van der Waals surface area contributed by atoms with Crippen LogP contribution < -0.4 is 20.7 Å². The zero-order chi connectivity index (χ0) is 30.5. The van der Waals surface area contributed by atoms with E-state index in [1.807, 2.05) is 60.2 Å². The van der Waals surface area contributed by atoms with Crippen LogP contribution in [0.3, 0.4) is 0 Å². The number of halogens is 2. The summed E-state index contributed by atoms with van der Waals surface area (Å²) in [5, 5.41) is 20.3. The van der Waals surface area contributed by atoms with Gasteiger partial charge in [-0.2, -0.15) is 0 Å². The lowest BCUT2D eigenvalue weighted by molar-refractivity contribution is -0.119. The van der Waals surface area contributed by atoms with Crippen LogP contribution in [0.5, 0.6) is 5.88 Å². The van der Waals surface area contributed by atoms with Crippen molar-refractivity contribution in [3.05, 3.63) is 81.7 Å². The number of methoxy groups -OCH3 is 1. The van der Waals surface area contributed by atoms with Crippen LogP contribution in [-0.4, -0.2) is 57.9 Å². The molecule has 0 spiro atoms. The van der Waals surface area contributed by atoms with E-state index in [4.69, 9.17) is 32.9 Å². The number of aliphatic hydroxyl groups excluding tert-OH is 1. The highest BCUT2D eigenvalue weighted by atomic mass is 35.5. The van der Waals surface area contributed by atoms with Gasteiger partial charge in [-0.15, -0.1) is 0 Å². The molecule has 43 heavy (non-hydrogen) atoms. The first-order valence-electron chi connectivity index (χ1n) is 14.3. The molecule has 0 radical (unpaired) electrons. The van der Waals surface area contributed by atoms with Crippen LogP contribution in [0.15, 0.2) is 54.9 Å². The van der Waals surface area contributed by atoms with Gasteiger partial charge < -0.3 is 30.4 Å². The second-order valence-electron chi connectivity index (χ2n) is 10.8. The monoisotopic (exact) mass is 622 g/mol. The molecule has 4 N–H and O–H groups in total. The molecule has 0 saturated carbocycles. The number of carbonyl (C=O) groups is 1. The summed E-state index contributed by atoms with van der Waals surface area (Å²) in [5.41, 5.74) is 5.94. The average Bonchev–Trinajstić information content (AvgIpc) is 3.58. The van der Waals surface area contributed by atoms with Crippen molar-refractivity contribution < 1.29 is 14.6 Å². The lowest BCUT2D eigenvalue weighted by Gasteiger charge is -2.17. The third kappa shape index (κ3) is 7.03. The second-order valence-corrected chi connectivity index (χ2v) is 11.5. The van der Waals surface area contributed by atoms with Crippen LogP contribution in [0.2, 0.25) is 10.0 Å². The van der Waals surface area contributed by atoms with Crippen molar-refractivity contribution in [1.29, 1.82) is 0 Å². The van der Waals surface area contributed by atoms with Crippen molar-refractivity contribution in [2.24, 2.45) is 0 Å². The number of hydrogen-bond acceptors (Lipinski definition) is 7. The van der Waals surface area contributed by atoms with Crippen LogP contribution in [0, 0.1) is 6.92 Å². The molecule has 0 aliphatic carbocycles. The predicted octanol–water partition coefficient (Wildman–Crippen LogP) is 5.06. The largest absolute Gasteiger partial charge is 0.481 e. The fourth-order valence-corrected chi connectivity index (χ4v) is 5.90. The third-order valence-corrected chi connectivity index (χ3v) is 8.32. The highest BCUT2D eigenvalue weighted by molar-refractivity contribution is 6.38. The molecule has 1 saturated heterocycles. The molecule has 4 aromatic rings. The molecule has 2 atom stereocenters. The van der Waals surface area contributed by atoms with Gasteiger partial charge in [0, 0.05) is 79.0 Å². The van der Waals surface area contributed by atoms with E-state index in [9.17, 15) is 9.90 Å². The summed E-state index contributed by atoms with van der Waals surface area (Å²) >= 11 is 14.1. The topological polar surface area (TPSA) is 113 Å². The van der Waals surface area contributed by atoms with Crippen LogP contribution in [0.25, 0.3) is 28.2 Å². The number of rotatable bonds is 12. The number of nitrogens with zero attached hydrogens (tertiary/aromatic N) is 3. The van der Waals surface area contributed by atoms with Crippen molar-refractivity contribution in [3.8, 4) is 34.1 Å². The fraction of sp³-hybridized carbons (Fsp3) is 0.344. The SMILES string of the molecule is COc1nc(-c2cccc(-c3ccnc(-n4ccc(C)c4CNC[C@H](C)O)c3Cl)c2Cl)ccc1CNC[C@H]1CCC(=O)N1. The third-order valence-electron chi connectivity index (χ3n) is 7.54. The Kier molecular flexibility index (Phi) is 10.00. The Hall–Kier alpha value is -3.47. The zero-order valence-electron chi connectivity index (χ0n) is 24.5. The number of carbonyl (C=O) groups excluding carboxylic acids is 1. The number of aryl methyl sites for hydroxylation is 1. The summed E-state index contributed by atoms with van der Waals surface area (Å²) in [6.07, 6.45) is 4.64. The van der Waals surface area contributed by atoms with Crippen molar-refractivity contribution in [2.45, 2.75) is 51.9 Å². The number of aliphatic hydroxyl groups is 1. The van der Waals surface area contributed by atoms with Crippen molar-refractivity contribution in [3.63, 3.8) is 0 Å². The van der Waals surface area contributed by atoms with Crippen molar-refractivity contribution >= 4 is 29.1 Å². The van der Waals surface area contributed by atoms with Crippen LogP contribution in [0.4, 0.5) is 0 Å². The maximum Gasteiger partial charge on any atom is 0.220 e. The minimum atomic E-state index is -0.447. The van der Waals surface area contributed by atoms with E-state index in [-0.39, 0.29) is 11.9 Å². The highest BCUT2D eigenvalue weighted by Gasteiger charge is 2.21. The van der Waals surface area contributed by atoms with E-state index in [1.165, 1.54) is 0 Å². The summed E-state index contributed by atoms with van der Waals surface area (Å²) in [5.74, 6) is 1.20. The molecule has 226 valence electrons. The lowest BCUT2D eigenvalue weighted by atomic mass is 10.0. The molecule has 1 fully saturated rings. The van der Waals surface area contributed by atoms with E-state index in [0.717, 1.165) is 39.9 Å². The Morgan fingerprint density at radius 2 is 1.88 bits per heavy atom. The highest BCUT2D eigenvalue weighted by Crippen LogP contribution is 2.40. The molecule has 1 aliphatic rings. The fourth-order valence-electron chi connectivity index (χ4n) is 5.27. The van der Waals surface area contributed by atoms with Gasteiger partial charge in [-0.1, -0.05) is 47.5 Å². The number of benzene rings is 1. The standard InChI is InChI=1S/C32H36Cl2N6O3/c1-19-12-14-40(27(19)18-35-15-20(2)41)31-30(34)24(11-13-37-31)23-5-4-6-25(29(23)33)26-9-7-21(32(39-26)43-3)16-36-17-22-8-10-28(42)38-22/h4-7,9,11-14,20,22,35-36,41H,8,10,15-18H2,1-3H3,(H,38,42)/t20-,22+/m0/s1. The Bertz CT molecular complexity index is 1610. The maximum atomic E-state index is 11.5. The second kappa shape index (κ2) is 13.9. The van der Waals surface area contributed by atoms with E-state index in [0.29, 0.717) is 60.0 Å². The molecule has 0 unspecified atom stereocenters. The van der Waals surface area contributed by atoms with Crippen molar-refractivity contribution in [1.82, 2.24) is 30.5 Å². The van der Waals surface area contributed by atoms with Gasteiger partial charge in [0.05, 0.1) is 29.0 Å². The van der Waals surface area contributed by atoms with Crippen LogP contribution >= 0.6 is 23.2 Å². The normalized spacial score (nSPS) is 15.5. The summed E-state index contributed by atoms with van der Waals surface area (Å²) < 4.78 is 7.59. The quantitative estimate of drug-likeness (QED) is 0.175. The zero-order valence-corrected chi connectivity index (χ0v) is 26.0. The summed E-state index contributed by atoms with van der Waals surface area (Å²) in [6.45, 7) is 6.05. The smallest absolute Gasteiger partial charge is 0.220 e. The molecular formula is C32H36Cl2N6O3. The number of aromatic nitrogens is 3. The number of pyridine rings is 2. The Morgan fingerprint density at radius 3 is 2.63 bits per heavy atom. The van der Waals surface area contributed by atoms with E-state index < -0.39 is 6.10 Å². The van der Waals surface area contributed by atoms with Gasteiger partial charge in [-0.3, -0.25) is 4.79 Å². The van der Waals surface area contributed by atoms with Gasteiger partial charge in [0.15, 0.2) is 5.82 Å². The molecule has 4 heterocycles. The van der Waals surface area contributed by atoms with Gasteiger partial charge in [-0.05, 0) is 44.0 Å². The molecule has 5 rings (SSSR count). The molecule has 11 heteroatoms. The van der Waals surface area contributed by atoms with Crippen LogP contribution in [0.1, 0.15) is 36.6 Å². The summed E-state index contributed by atoms with van der Waals surface area (Å²) in [6, 6.07) is 13.7. The predicted molar refractivity (Wildman–Crippen MR) is 170 cm³/mol. The number of hydrogen-bond donors (Lipinski definition) is 4. The molecule has 1 aromatic carbocycles. The van der Waals surface area contributed by atoms with Gasteiger partial charge >= 0.3 is 0 Å². The average molecular weight is 624 g/mol. The van der Waals surface area contributed by atoms with Gasteiger partial charge in [0.2, 0.25) is 11.8 Å². The minimum absolute atomic E-state index is 0.101. The van der Waals surface area contributed by atoms with E-state index in [1.54, 1.807) is 20.2 Å². The van der Waals surface area contributed by atoms with E-state index in [2.05, 4.69) is 20.9 Å². The Morgan fingerprint density at radius 1 is 1.09 bits per heavy atom. The number of nitrogens with one attached hydrogen (secondary N) is 3. The Labute approximate surface area is 261 Å². The summed E-state index contributed by atoms with van der Waals surface area (Å²) in [4.78, 5) is 20.8. The number of ether oxygens (including phenoxy) is 1. The first-order chi connectivity index (χ1) is 20.8. The molecule has 1 amide bonds. The first kappa shape index (κ1) is 31.0. The molecular weight excluding hydrogens is 587 g/mol. The van der Waals surface area contributed by atoms with Gasteiger partial charge in [-0.25, -0.2) is 9.97 Å². The van der Waals surface area contributed by atoms with Crippen molar-refractivity contribution in [2.75, 3.05) is 20.2 Å². The lowest BCUT2D eigenvalue weighted by Crippen LogP contribution is -2.35. The number of amides is 1. The maximum absolute atomic E-state index is 11.5. The minimum Gasteiger partial charge on any atom is -0.481 e. The van der Waals surface area contributed by atoms with Crippen LogP contribution in [-0.2, 0) is 17.9 Å². The molecule has 1 aliphatic heterocycles. The first-order valence-corrected chi connectivity index (χ1v) is 15.1. The Balaban J connectivity index is 1.41. The molecule has 9 nitrogen and oxygen atoms in total. The van der Waals surface area contributed by atoms with E-state index >= 15 is 0 Å². The van der Waals surface area contributed by atoms with Gasteiger partial charge in [0.25, 0.3) is 0 Å². The summed E-state index contributed by atoms with van der Waals surface area (Å²) in [7, 11) is 1.60. The molecule has 3 aromatic heterocycles. The van der Waals surface area contributed by atoms with Gasteiger partial charge in [0.1, 0.15) is 0 Å².